The molecule has 1 unspecified atom stereocenters. The van der Waals surface area contributed by atoms with Crippen LogP contribution in [0.1, 0.15) is 44.7 Å². The number of nitrogens with zero attached hydrogens (tertiary/aromatic N) is 1. The average molecular weight is 218 g/mol. The highest BCUT2D eigenvalue weighted by molar-refractivity contribution is 5.15. The van der Waals surface area contributed by atoms with Gasteiger partial charge in [-0.2, -0.15) is 0 Å². The fraction of sp³-hybridized carbons (Fsp3) is 0.500. The molecule has 2 heteroatoms. The van der Waals surface area contributed by atoms with E-state index in [-0.39, 0.29) is 0 Å². The Morgan fingerprint density at radius 3 is 2.69 bits per heavy atom. The van der Waals surface area contributed by atoms with Gasteiger partial charge in [0, 0.05) is 18.4 Å². The molecule has 1 heterocycles. The van der Waals surface area contributed by atoms with E-state index in [1.165, 1.54) is 11.1 Å². The van der Waals surface area contributed by atoms with Crippen LogP contribution >= 0.6 is 0 Å². The molecule has 0 aliphatic rings. The molecule has 0 amide bonds. The van der Waals surface area contributed by atoms with Gasteiger partial charge >= 0.3 is 0 Å². The zero-order valence-corrected chi connectivity index (χ0v) is 10.4. The van der Waals surface area contributed by atoms with Crippen molar-refractivity contribution in [1.29, 1.82) is 0 Å². The Balaban J connectivity index is 2.59. The van der Waals surface area contributed by atoms with Gasteiger partial charge < -0.3 is 5.32 Å². The first-order valence-electron chi connectivity index (χ1n) is 6.01. The van der Waals surface area contributed by atoms with E-state index in [0.717, 1.165) is 25.8 Å². The molecule has 1 rings (SSSR count). The molecule has 0 spiro atoms. The second kappa shape index (κ2) is 7.18. The number of nitrogens with one attached hydrogen (secondary N) is 1. The third-order valence-corrected chi connectivity index (χ3v) is 2.61. The maximum Gasteiger partial charge on any atom is 0.0324 e. The van der Waals surface area contributed by atoms with Crippen molar-refractivity contribution >= 4 is 0 Å². The Labute approximate surface area is 98.8 Å². The fourth-order valence-corrected chi connectivity index (χ4v) is 1.69. The van der Waals surface area contributed by atoms with E-state index < -0.39 is 0 Å². The normalized spacial score (nSPS) is 12.4. The van der Waals surface area contributed by atoms with Crippen molar-refractivity contribution in [3.8, 4) is 0 Å². The van der Waals surface area contributed by atoms with Crippen molar-refractivity contribution in [2.75, 3.05) is 6.54 Å². The van der Waals surface area contributed by atoms with E-state index in [1.54, 1.807) is 0 Å². The standard InChI is InChI=1S/C14H22N2/c1-4-9-16-14(6-5-12(2)3)13-7-10-15-11-8-13/h7-8,10-11,14,16H,2,4-6,9H2,1,3H3. The molecule has 1 aromatic heterocycles. The van der Waals surface area contributed by atoms with Crippen LogP contribution in [0.3, 0.4) is 0 Å². The van der Waals surface area contributed by atoms with Gasteiger partial charge in [-0.1, -0.05) is 12.5 Å². The largest absolute Gasteiger partial charge is 0.310 e. The minimum atomic E-state index is 0.430. The van der Waals surface area contributed by atoms with Gasteiger partial charge in [0.15, 0.2) is 0 Å². The molecule has 2 nitrogen and oxygen atoms in total. The Bertz CT molecular complexity index is 306. The predicted molar refractivity (Wildman–Crippen MR) is 69.3 cm³/mol. The average Bonchev–Trinajstić information content (AvgIpc) is 2.30. The molecule has 1 N–H and O–H groups in total. The molecule has 0 aliphatic carbocycles. The first-order valence-corrected chi connectivity index (χ1v) is 6.01. The third kappa shape index (κ3) is 4.58. The lowest BCUT2D eigenvalue weighted by molar-refractivity contribution is 0.498. The van der Waals surface area contributed by atoms with Gasteiger partial charge in [-0.25, -0.2) is 0 Å². The zero-order chi connectivity index (χ0) is 11.8. The van der Waals surface area contributed by atoms with Crippen molar-refractivity contribution in [2.24, 2.45) is 0 Å². The summed E-state index contributed by atoms with van der Waals surface area (Å²) in [6.45, 7) is 9.30. The van der Waals surface area contributed by atoms with Crippen LogP contribution in [-0.4, -0.2) is 11.5 Å². The molecule has 1 aromatic rings. The minimum absolute atomic E-state index is 0.430. The highest BCUT2D eigenvalue weighted by Crippen LogP contribution is 2.19. The Hall–Kier alpha value is -1.15. The van der Waals surface area contributed by atoms with Gasteiger partial charge in [-0.15, -0.1) is 6.58 Å². The molecule has 0 saturated heterocycles. The van der Waals surface area contributed by atoms with Crippen LogP contribution in [0.2, 0.25) is 0 Å². The summed E-state index contributed by atoms with van der Waals surface area (Å²) in [6, 6.07) is 4.61. The Morgan fingerprint density at radius 2 is 2.12 bits per heavy atom. The predicted octanol–water partition coefficient (Wildman–Crippen LogP) is 3.48. The second-order valence-corrected chi connectivity index (χ2v) is 4.28. The summed E-state index contributed by atoms with van der Waals surface area (Å²) < 4.78 is 0. The SMILES string of the molecule is C=C(C)CCC(NCCC)c1ccncc1. The number of hydrogen-bond acceptors (Lipinski definition) is 2. The van der Waals surface area contributed by atoms with Crippen LogP contribution in [0.15, 0.2) is 36.7 Å². The summed E-state index contributed by atoms with van der Waals surface area (Å²) in [6.07, 6.45) is 7.06. The number of rotatable bonds is 7. The van der Waals surface area contributed by atoms with Crippen molar-refractivity contribution in [1.82, 2.24) is 10.3 Å². The third-order valence-electron chi connectivity index (χ3n) is 2.61. The maximum atomic E-state index is 4.06. The minimum Gasteiger partial charge on any atom is -0.310 e. The molecular formula is C14H22N2. The lowest BCUT2D eigenvalue weighted by Crippen LogP contribution is -2.22. The van der Waals surface area contributed by atoms with Crippen LogP contribution in [0.25, 0.3) is 0 Å². The van der Waals surface area contributed by atoms with Gasteiger partial charge in [0.1, 0.15) is 0 Å². The summed E-state index contributed by atoms with van der Waals surface area (Å²) in [5.41, 5.74) is 2.57. The molecule has 1 atom stereocenters. The van der Waals surface area contributed by atoms with Crippen LogP contribution in [-0.2, 0) is 0 Å². The smallest absolute Gasteiger partial charge is 0.0324 e. The first-order chi connectivity index (χ1) is 7.74. The van der Waals surface area contributed by atoms with E-state index >= 15 is 0 Å². The molecule has 0 bridgehead atoms. The van der Waals surface area contributed by atoms with Gasteiger partial charge in [-0.05, 0) is 50.4 Å². The number of aromatic nitrogens is 1. The van der Waals surface area contributed by atoms with Crippen LogP contribution < -0.4 is 5.32 Å². The van der Waals surface area contributed by atoms with Gasteiger partial charge in [0.2, 0.25) is 0 Å². The topological polar surface area (TPSA) is 24.9 Å². The lowest BCUT2D eigenvalue weighted by atomic mass is 10.0. The van der Waals surface area contributed by atoms with E-state index in [2.05, 4.69) is 42.9 Å². The molecule has 0 aliphatic heterocycles. The van der Waals surface area contributed by atoms with Crippen molar-refractivity contribution in [2.45, 2.75) is 39.2 Å². The summed E-state index contributed by atoms with van der Waals surface area (Å²) in [7, 11) is 0. The van der Waals surface area contributed by atoms with Crippen molar-refractivity contribution in [3.63, 3.8) is 0 Å². The monoisotopic (exact) mass is 218 g/mol. The summed E-state index contributed by atoms with van der Waals surface area (Å²) in [5.74, 6) is 0. The first kappa shape index (κ1) is 12.9. The maximum absolute atomic E-state index is 4.06. The Kier molecular flexibility index (Phi) is 5.79. The molecule has 0 aromatic carbocycles. The lowest BCUT2D eigenvalue weighted by Gasteiger charge is -2.18. The van der Waals surface area contributed by atoms with Gasteiger partial charge in [0.25, 0.3) is 0 Å². The summed E-state index contributed by atoms with van der Waals surface area (Å²) >= 11 is 0. The highest BCUT2D eigenvalue weighted by Gasteiger charge is 2.09. The molecule has 88 valence electrons. The molecular weight excluding hydrogens is 196 g/mol. The number of pyridine rings is 1. The fourth-order valence-electron chi connectivity index (χ4n) is 1.69. The quantitative estimate of drug-likeness (QED) is 0.709. The van der Waals surface area contributed by atoms with Crippen LogP contribution in [0.5, 0.6) is 0 Å². The van der Waals surface area contributed by atoms with Gasteiger partial charge in [-0.3, -0.25) is 4.98 Å². The Morgan fingerprint density at radius 1 is 1.44 bits per heavy atom. The highest BCUT2D eigenvalue weighted by atomic mass is 14.9. The molecule has 0 saturated carbocycles. The summed E-state index contributed by atoms with van der Waals surface area (Å²) in [4.78, 5) is 4.06. The van der Waals surface area contributed by atoms with Gasteiger partial charge in [0.05, 0.1) is 0 Å². The molecule has 16 heavy (non-hydrogen) atoms. The van der Waals surface area contributed by atoms with Crippen LogP contribution in [0, 0.1) is 0 Å². The number of hydrogen-bond donors (Lipinski definition) is 1. The van der Waals surface area contributed by atoms with E-state index in [0.29, 0.717) is 6.04 Å². The summed E-state index contributed by atoms with van der Waals surface area (Å²) in [5, 5.41) is 3.57. The number of allylic oxidation sites excluding steroid dienone is 1. The van der Waals surface area contributed by atoms with Crippen LogP contribution in [0.4, 0.5) is 0 Å². The molecule has 0 fully saturated rings. The van der Waals surface area contributed by atoms with E-state index in [9.17, 15) is 0 Å². The zero-order valence-electron chi connectivity index (χ0n) is 10.4. The van der Waals surface area contributed by atoms with E-state index in [1.807, 2.05) is 12.4 Å². The van der Waals surface area contributed by atoms with E-state index in [4.69, 9.17) is 0 Å². The molecule has 0 radical (unpaired) electrons. The van der Waals surface area contributed by atoms with Crippen molar-refractivity contribution in [3.05, 3.63) is 42.2 Å². The van der Waals surface area contributed by atoms with Crippen molar-refractivity contribution < 1.29 is 0 Å². The second-order valence-electron chi connectivity index (χ2n) is 4.28.